The molecule has 8 heteroatoms. The van der Waals surface area contributed by atoms with Gasteiger partial charge in [-0.1, -0.05) is 36.0 Å². The highest BCUT2D eigenvalue weighted by Crippen LogP contribution is 2.24. The second-order valence-corrected chi connectivity index (χ2v) is 9.57. The van der Waals surface area contributed by atoms with Crippen molar-refractivity contribution in [2.45, 2.75) is 25.9 Å². The molecule has 0 atom stereocenters. The van der Waals surface area contributed by atoms with Gasteiger partial charge in [0.25, 0.3) is 5.56 Å². The molecule has 0 unspecified atom stereocenters. The van der Waals surface area contributed by atoms with Crippen LogP contribution in [0.3, 0.4) is 0 Å². The Balaban J connectivity index is 2.05. The van der Waals surface area contributed by atoms with Gasteiger partial charge in [0.15, 0.2) is 5.16 Å². The third-order valence-electron chi connectivity index (χ3n) is 4.60. The third kappa shape index (κ3) is 4.29. The minimum Gasteiger partial charge on any atom is -0.268 e. The monoisotopic (exact) mass is 417 g/mol. The van der Waals surface area contributed by atoms with E-state index >= 15 is 0 Å². The summed E-state index contributed by atoms with van der Waals surface area (Å²) in [6, 6.07) is 13.1. The van der Waals surface area contributed by atoms with E-state index in [0.29, 0.717) is 21.8 Å². The van der Waals surface area contributed by atoms with Gasteiger partial charge in [-0.05, 0) is 50.1 Å². The first-order valence-electron chi connectivity index (χ1n) is 9.02. The predicted molar refractivity (Wildman–Crippen MR) is 115 cm³/mol. The molecular formula is C20H23N3O3S2. The third-order valence-corrected chi connectivity index (χ3v) is 6.94. The quantitative estimate of drug-likeness (QED) is 0.363. The lowest BCUT2D eigenvalue weighted by molar-refractivity contribution is 0.585. The van der Waals surface area contributed by atoms with Crippen molar-refractivity contribution in [1.82, 2.24) is 14.3 Å². The zero-order valence-electron chi connectivity index (χ0n) is 16.1. The van der Waals surface area contributed by atoms with Crippen LogP contribution in [0, 0.1) is 13.8 Å². The van der Waals surface area contributed by atoms with Crippen molar-refractivity contribution >= 4 is 32.7 Å². The predicted octanol–water partition coefficient (Wildman–Crippen LogP) is 3.03. The van der Waals surface area contributed by atoms with Crippen molar-refractivity contribution in [3.8, 4) is 5.69 Å². The van der Waals surface area contributed by atoms with Gasteiger partial charge in [0, 0.05) is 12.3 Å². The molecule has 0 aliphatic rings. The molecule has 0 fully saturated rings. The maximum absolute atomic E-state index is 13.2. The standard InChI is InChI=1S/C20H23N3O3S2/c1-4-28(25,26)21-12-13-27-20-22-17-10-6-5-9-16(17)19(24)23(20)18-11-7-8-14(2)15(18)3/h5-11,21H,4,12-13H2,1-3H3. The molecule has 3 aromatic rings. The number of hydrogen-bond donors (Lipinski definition) is 1. The van der Waals surface area contributed by atoms with Gasteiger partial charge in [-0.25, -0.2) is 18.1 Å². The fourth-order valence-corrected chi connectivity index (χ4v) is 4.45. The molecule has 1 aromatic heterocycles. The van der Waals surface area contributed by atoms with Crippen molar-refractivity contribution in [1.29, 1.82) is 0 Å². The first-order chi connectivity index (χ1) is 13.3. The molecule has 1 heterocycles. The molecule has 148 valence electrons. The molecule has 0 saturated heterocycles. The maximum Gasteiger partial charge on any atom is 0.266 e. The van der Waals surface area contributed by atoms with Gasteiger partial charge in [-0.3, -0.25) is 9.36 Å². The van der Waals surface area contributed by atoms with E-state index in [-0.39, 0.29) is 17.9 Å². The SMILES string of the molecule is CCS(=O)(=O)NCCSc1nc2ccccc2c(=O)n1-c1cccc(C)c1C. The summed E-state index contributed by atoms with van der Waals surface area (Å²) >= 11 is 1.36. The van der Waals surface area contributed by atoms with Crippen LogP contribution in [-0.2, 0) is 10.0 Å². The minimum absolute atomic E-state index is 0.0408. The molecule has 0 radical (unpaired) electrons. The van der Waals surface area contributed by atoms with Gasteiger partial charge in [0.05, 0.1) is 22.3 Å². The summed E-state index contributed by atoms with van der Waals surface area (Å²) in [4.78, 5) is 17.9. The lowest BCUT2D eigenvalue weighted by atomic mass is 10.1. The molecular weight excluding hydrogens is 394 g/mol. The fourth-order valence-electron chi connectivity index (χ4n) is 2.84. The van der Waals surface area contributed by atoms with Crippen LogP contribution in [0.15, 0.2) is 52.4 Å². The molecule has 0 saturated carbocycles. The Bertz CT molecular complexity index is 1170. The van der Waals surface area contributed by atoms with E-state index in [1.165, 1.54) is 11.8 Å². The van der Waals surface area contributed by atoms with Crippen molar-refractivity contribution in [3.63, 3.8) is 0 Å². The smallest absolute Gasteiger partial charge is 0.266 e. The first kappa shape index (κ1) is 20.6. The van der Waals surface area contributed by atoms with E-state index in [2.05, 4.69) is 9.71 Å². The molecule has 0 aliphatic heterocycles. The van der Waals surface area contributed by atoms with E-state index in [0.717, 1.165) is 16.8 Å². The summed E-state index contributed by atoms with van der Waals surface area (Å²) in [5, 5.41) is 1.10. The van der Waals surface area contributed by atoms with Crippen LogP contribution in [0.1, 0.15) is 18.1 Å². The van der Waals surface area contributed by atoms with Crippen LogP contribution < -0.4 is 10.3 Å². The topological polar surface area (TPSA) is 81.1 Å². The lowest BCUT2D eigenvalue weighted by Gasteiger charge is -2.16. The molecule has 6 nitrogen and oxygen atoms in total. The van der Waals surface area contributed by atoms with Gasteiger partial charge >= 0.3 is 0 Å². The molecule has 1 N–H and O–H groups in total. The molecule has 0 bridgehead atoms. The minimum atomic E-state index is -3.24. The zero-order valence-corrected chi connectivity index (χ0v) is 17.7. The summed E-state index contributed by atoms with van der Waals surface area (Å²) in [5.74, 6) is 0.508. The number of hydrogen-bond acceptors (Lipinski definition) is 5. The Labute approximate surface area is 169 Å². The summed E-state index contributed by atoms with van der Waals surface area (Å²) in [7, 11) is -3.24. The highest BCUT2D eigenvalue weighted by molar-refractivity contribution is 7.99. The van der Waals surface area contributed by atoms with Crippen LogP contribution in [0.4, 0.5) is 0 Å². The average Bonchev–Trinajstić information content (AvgIpc) is 2.68. The Hall–Kier alpha value is -2.16. The number of aryl methyl sites for hydroxylation is 1. The van der Waals surface area contributed by atoms with Crippen molar-refractivity contribution in [2.75, 3.05) is 18.1 Å². The van der Waals surface area contributed by atoms with E-state index < -0.39 is 10.0 Å². The number of rotatable bonds is 7. The lowest BCUT2D eigenvalue weighted by Crippen LogP contribution is -2.28. The Morgan fingerprint density at radius 3 is 2.61 bits per heavy atom. The number of nitrogens with one attached hydrogen (secondary N) is 1. The molecule has 0 amide bonds. The molecule has 3 rings (SSSR count). The fraction of sp³-hybridized carbons (Fsp3) is 0.300. The normalized spacial score (nSPS) is 11.8. The van der Waals surface area contributed by atoms with E-state index in [1.54, 1.807) is 17.6 Å². The molecule has 0 spiro atoms. The largest absolute Gasteiger partial charge is 0.268 e. The van der Waals surface area contributed by atoms with Gasteiger partial charge in [-0.2, -0.15) is 0 Å². The van der Waals surface area contributed by atoms with Crippen molar-refractivity contribution < 1.29 is 8.42 Å². The number of fused-ring (bicyclic) bond motifs is 1. The summed E-state index contributed by atoms with van der Waals surface area (Å²) in [6.45, 7) is 5.86. The van der Waals surface area contributed by atoms with Crippen LogP contribution in [0.5, 0.6) is 0 Å². The molecule has 28 heavy (non-hydrogen) atoms. The van der Waals surface area contributed by atoms with Gasteiger partial charge in [-0.15, -0.1) is 0 Å². The summed E-state index contributed by atoms with van der Waals surface area (Å²) in [6.07, 6.45) is 0. The van der Waals surface area contributed by atoms with E-state index in [1.807, 2.05) is 50.2 Å². The molecule has 2 aromatic carbocycles. The van der Waals surface area contributed by atoms with Crippen molar-refractivity contribution in [3.05, 3.63) is 63.9 Å². The number of nitrogens with zero attached hydrogens (tertiary/aromatic N) is 2. The van der Waals surface area contributed by atoms with Gasteiger partial charge in [0.1, 0.15) is 0 Å². The van der Waals surface area contributed by atoms with E-state index in [9.17, 15) is 13.2 Å². The van der Waals surface area contributed by atoms with Crippen LogP contribution in [-0.4, -0.2) is 36.0 Å². The second-order valence-electron chi connectivity index (χ2n) is 6.42. The highest BCUT2D eigenvalue weighted by atomic mass is 32.2. The number of sulfonamides is 1. The zero-order chi connectivity index (χ0) is 20.3. The maximum atomic E-state index is 13.2. The van der Waals surface area contributed by atoms with E-state index in [4.69, 9.17) is 0 Å². The second kappa shape index (κ2) is 8.46. The number of para-hydroxylation sites is 1. The van der Waals surface area contributed by atoms with Crippen LogP contribution in [0.2, 0.25) is 0 Å². The number of thioether (sulfide) groups is 1. The highest BCUT2D eigenvalue weighted by Gasteiger charge is 2.15. The Kier molecular flexibility index (Phi) is 6.22. The first-order valence-corrected chi connectivity index (χ1v) is 11.7. The Morgan fingerprint density at radius 2 is 1.86 bits per heavy atom. The average molecular weight is 418 g/mol. The summed E-state index contributed by atoms with van der Waals surface area (Å²) in [5.41, 5.74) is 3.39. The van der Waals surface area contributed by atoms with Gasteiger partial charge < -0.3 is 0 Å². The molecule has 0 aliphatic carbocycles. The summed E-state index contributed by atoms with van der Waals surface area (Å²) < 4.78 is 27.4. The van der Waals surface area contributed by atoms with Crippen LogP contribution in [0.25, 0.3) is 16.6 Å². The van der Waals surface area contributed by atoms with Crippen molar-refractivity contribution in [2.24, 2.45) is 0 Å². The number of benzene rings is 2. The Morgan fingerprint density at radius 1 is 1.11 bits per heavy atom. The van der Waals surface area contributed by atoms with Crippen LogP contribution >= 0.6 is 11.8 Å². The van der Waals surface area contributed by atoms with Gasteiger partial charge in [0.2, 0.25) is 10.0 Å². The number of aromatic nitrogens is 2.